The quantitative estimate of drug-likeness (QED) is 0.811. The smallest absolute Gasteiger partial charge is 0.325 e. The number of urea groups is 1. The summed E-state index contributed by atoms with van der Waals surface area (Å²) in [4.78, 5) is 39.9. The molecule has 2 N–H and O–H groups in total. The minimum Gasteiger partial charge on any atom is -0.350 e. The van der Waals surface area contributed by atoms with Gasteiger partial charge in [-0.25, -0.2) is 4.79 Å². The van der Waals surface area contributed by atoms with E-state index < -0.39 is 11.6 Å². The Bertz CT molecular complexity index is 864. The Labute approximate surface area is 155 Å². The van der Waals surface area contributed by atoms with E-state index in [-0.39, 0.29) is 18.4 Å². The van der Waals surface area contributed by atoms with Crippen LogP contribution in [0.5, 0.6) is 0 Å². The second-order valence-corrected chi connectivity index (χ2v) is 7.60. The molecule has 134 valence electrons. The number of nitrogens with one attached hydrogen (secondary N) is 2. The molecule has 1 saturated heterocycles. The van der Waals surface area contributed by atoms with Crippen molar-refractivity contribution >= 4 is 29.2 Å². The summed E-state index contributed by atoms with van der Waals surface area (Å²) in [6.45, 7) is 0.0991. The van der Waals surface area contributed by atoms with Crippen molar-refractivity contribution in [1.29, 1.82) is 0 Å². The van der Waals surface area contributed by atoms with Crippen molar-refractivity contribution in [2.45, 2.75) is 31.3 Å². The Morgan fingerprint density at radius 3 is 2.85 bits per heavy atom. The Hall–Kier alpha value is -2.67. The molecule has 1 spiro atoms. The first kappa shape index (κ1) is 16.8. The Morgan fingerprint density at radius 2 is 2.04 bits per heavy atom. The summed E-state index contributed by atoms with van der Waals surface area (Å²) < 4.78 is 0. The fourth-order valence-corrected chi connectivity index (χ4v) is 4.68. The highest BCUT2D eigenvalue weighted by Crippen LogP contribution is 2.41. The van der Waals surface area contributed by atoms with Crippen molar-refractivity contribution in [3.63, 3.8) is 0 Å². The van der Waals surface area contributed by atoms with Gasteiger partial charge in [0, 0.05) is 17.0 Å². The van der Waals surface area contributed by atoms with Crippen molar-refractivity contribution in [3.05, 3.63) is 57.8 Å². The maximum absolute atomic E-state index is 13.0. The molecule has 1 aromatic carbocycles. The van der Waals surface area contributed by atoms with E-state index in [0.29, 0.717) is 13.0 Å². The number of nitrogens with zero attached hydrogens (tertiary/aromatic N) is 1. The lowest BCUT2D eigenvalue weighted by Crippen LogP contribution is -2.46. The van der Waals surface area contributed by atoms with Crippen LogP contribution in [0.25, 0.3) is 0 Å². The zero-order valence-electron chi connectivity index (χ0n) is 14.2. The summed E-state index contributed by atoms with van der Waals surface area (Å²) in [5.41, 5.74) is 0.855. The number of carbonyl (C=O) groups excluding carboxylic acids is 3. The number of thiophene rings is 1. The maximum Gasteiger partial charge on any atom is 0.325 e. The summed E-state index contributed by atoms with van der Waals surface area (Å²) in [7, 11) is 0. The Kier molecular flexibility index (Phi) is 4.24. The Morgan fingerprint density at radius 1 is 1.23 bits per heavy atom. The van der Waals surface area contributed by atoms with Crippen LogP contribution in [0, 0.1) is 0 Å². The van der Waals surface area contributed by atoms with Gasteiger partial charge in [-0.2, -0.15) is 0 Å². The minimum absolute atomic E-state index is 0.265. The van der Waals surface area contributed by atoms with Gasteiger partial charge in [0.2, 0.25) is 5.91 Å². The predicted molar refractivity (Wildman–Crippen MR) is 97.5 cm³/mol. The Balaban J connectivity index is 1.46. The number of hydrogen-bond donors (Lipinski definition) is 2. The van der Waals surface area contributed by atoms with Gasteiger partial charge in [0.15, 0.2) is 0 Å². The van der Waals surface area contributed by atoms with Crippen molar-refractivity contribution < 1.29 is 14.4 Å². The average Bonchev–Trinajstić information content (AvgIpc) is 3.22. The average molecular weight is 369 g/mol. The molecule has 6 nitrogen and oxygen atoms in total. The summed E-state index contributed by atoms with van der Waals surface area (Å²) in [6.07, 6.45) is 2.34. The number of hydrogen-bond acceptors (Lipinski definition) is 4. The molecule has 26 heavy (non-hydrogen) atoms. The molecule has 7 heteroatoms. The molecule has 1 aromatic heterocycles. The van der Waals surface area contributed by atoms with E-state index in [1.165, 1.54) is 0 Å². The van der Waals surface area contributed by atoms with Crippen LogP contribution in [0.3, 0.4) is 0 Å². The molecule has 0 saturated carbocycles. The summed E-state index contributed by atoms with van der Waals surface area (Å²) in [6, 6.07) is 10.9. The van der Waals surface area contributed by atoms with Crippen LogP contribution in [0.4, 0.5) is 4.79 Å². The lowest BCUT2D eigenvalue weighted by Gasteiger charge is -2.31. The fourth-order valence-electron chi connectivity index (χ4n) is 3.68. The number of benzene rings is 1. The number of rotatable bonds is 4. The fraction of sp³-hybridized carbons (Fsp3) is 0.316. The first-order valence-electron chi connectivity index (χ1n) is 8.62. The number of carbonyl (C=O) groups is 3. The van der Waals surface area contributed by atoms with Crippen molar-refractivity contribution in [3.8, 4) is 0 Å². The maximum atomic E-state index is 13.0. The monoisotopic (exact) mass is 369 g/mol. The first-order chi connectivity index (χ1) is 12.6. The van der Waals surface area contributed by atoms with E-state index in [1.807, 2.05) is 41.8 Å². The summed E-state index contributed by atoms with van der Waals surface area (Å²) in [5, 5.41) is 7.57. The molecule has 4 amide bonds. The topological polar surface area (TPSA) is 78.5 Å². The second kappa shape index (κ2) is 6.57. The van der Waals surface area contributed by atoms with Gasteiger partial charge in [0.05, 0.1) is 0 Å². The first-order valence-corrected chi connectivity index (χ1v) is 9.50. The van der Waals surface area contributed by atoms with Crippen LogP contribution in [0.2, 0.25) is 0 Å². The molecule has 4 rings (SSSR count). The van der Waals surface area contributed by atoms with Gasteiger partial charge < -0.3 is 10.6 Å². The van der Waals surface area contributed by atoms with Crippen molar-refractivity contribution in [2.75, 3.05) is 6.54 Å². The third kappa shape index (κ3) is 2.78. The van der Waals surface area contributed by atoms with Crippen LogP contribution in [-0.2, 0) is 28.1 Å². The van der Waals surface area contributed by atoms with Gasteiger partial charge in [0.25, 0.3) is 5.91 Å². The number of aryl methyl sites for hydroxylation is 1. The van der Waals surface area contributed by atoms with Gasteiger partial charge >= 0.3 is 6.03 Å². The predicted octanol–water partition coefficient (Wildman–Crippen LogP) is 2.15. The third-order valence-electron chi connectivity index (χ3n) is 4.97. The van der Waals surface area contributed by atoms with E-state index in [2.05, 4.69) is 10.6 Å². The molecule has 1 atom stereocenters. The summed E-state index contributed by atoms with van der Waals surface area (Å²) in [5.74, 6) is -0.674. The van der Waals surface area contributed by atoms with E-state index in [0.717, 1.165) is 33.7 Å². The van der Waals surface area contributed by atoms with Crippen LogP contribution in [0.15, 0.2) is 41.8 Å². The zero-order valence-corrected chi connectivity index (χ0v) is 15.0. The molecule has 2 aliphatic rings. The molecule has 0 radical (unpaired) electrons. The molecule has 1 fully saturated rings. The van der Waals surface area contributed by atoms with E-state index >= 15 is 0 Å². The molecule has 1 unspecified atom stereocenters. The number of amides is 4. The molecular formula is C19H19N3O3S. The van der Waals surface area contributed by atoms with Crippen molar-refractivity contribution in [2.24, 2.45) is 0 Å². The standard InChI is InChI=1S/C19H19N3O3S/c23-16(20-11-13-5-2-1-3-6-13)12-22-17(24)19(21-18(22)25)9-4-7-15-14(19)8-10-26-15/h1-3,5-6,8,10H,4,7,9,11-12H2,(H,20,23)(H,21,25). The van der Waals surface area contributed by atoms with Crippen LogP contribution >= 0.6 is 11.3 Å². The van der Waals surface area contributed by atoms with Crippen LogP contribution in [0.1, 0.15) is 28.8 Å². The van der Waals surface area contributed by atoms with Crippen LogP contribution < -0.4 is 10.6 Å². The second-order valence-electron chi connectivity index (χ2n) is 6.60. The van der Waals surface area contributed by atoms with Gasteiger partial charge in [-0.1, -0.05) is 30.3 Å². The van der Waals surface area contributed by atoms with E-state index in [1.54, 1.807) is 11.3 Å². The largest absolute Gasteiger partial charge is 0.350 e. The highest BCUT2D eigenvalue weighted by Gasteiger charge is 2.54. The van der Waals surface area contributed by atoms with Gasteiger partial charge in [-0.15, -0.1) is 11.3 Å². The van der Waals surface area contributed by atoms with E-state index in [9.17, 15) is 14.4 Å². The molecule has 0 bridgehead atoms. The molecule has 1 aliphatic carbocycles. The lowest BCUT2D eigenvalue weighted by atomic mass is 9.80. The molecular weight excluding hydrogens is 350 g/mol. The van der Waals surface area contributed by atoms with E-state index in [4.69, 9.17) is 0 Å². The normalized spacial score (nSPS) is 21.6. The third-order valence-corrected chi connectivity index (χ3v) is 5.95. The highest BCUT2D eigenvalue weighted by atomic mass is 32.1. The highest BCUT2D eigenvalue weighted by molar-refractivity contribution is 7.10. The zero-order chi connectivity index (χ0) is 18.1. The number of fused-ring (bicyclic) bond motifs is 2. The SMILES string of the molecule is O=C(CN1C(=O)NC2(CCCc3sccc32)C1=O)NCc1ccccc1. The van der Waals surface area contributed by atoms with Gasteiger partial charge in [-0.05, 0) is 36.3 Å². The minimum atomic E-state index is -0.996. The van der Waals surface area contributed by atoms with Crippen molar-refractivity contribution in [1.82, 2.24) is 15.5 Å². The molecule has 1 aliphatic heterocycles. The van der Waals surface area contributed by atoms with Gasteiger partial charge in [0.1, 0.15) is 12.1 Å². The molecule has 2 heterocycles. The summed E-state index contributed by atoms with van der Waals surface area (Å²) >= 11 is 1.61. The molecule has 2 aromatic rings. The number of imide groups is 1. The van der Waals surface area contributed by atoms with Gasteiger partial charge in [-0.3, -0.25) is 14.5 Å². The lowest BCUT2D eigenvalue weighted by molar-refractivity contribution is -0.135. The van der Waals surface area contributed by atoms with Crippen LogP contribution in [-0.4, -0.2) is 29.3 Å².